The molecule has 0 spiro atoms. The van der Waals surface area contributed by atoms with Gasteiger partial charge in [-0.25, -0.2) is 4.98 Å². The molecule has 2 aromatic carbocycles. The molecule has 1 saturated heterocycles. The lowest BCUT2D eigenvalue weighted by Gasteiger charge is -2.16. The molecule has 2 atom stereocenters. The third-order valence-corrected chi connectivity index (χ3v) is 6.61. The Kier molecular flexibility index (Phi) is 7.10. The van der Waals surface area contributed by atoms with Gasteiger partial charge in [0.2, 0.25) is 0 Å². The lowest BCUT2D eigenvalue weighted by atomic mass is 9.96. The Morgan fingerprint density at radius 1 is 1.05 bits per heavy atom. The minimum atomic E-state index is -0.168. The third kappa shape index (κ3) is 5.30. The standard InChI is InChI=1S/C26H24N2O3.C5H8O/c1-17(2)31-20-11-9-10-19(16-20)24-25(18(3)21-12-5-6-13-22(21)30-4)27-23-14-7-8-15-28(23)26(24)29;1-2-4-5(3-1)6-4/h5-17H,3H2,1-2,4H3;4-5H,1-3H2. The topological polar surface area (TPSA) is 65.4 Å². The van der Waals surface area contributed by atoms with Crippen LogP contribution in [0.4, 0.5) is 0 Å². The lowest BCUT2D eigenvalue weighted by Crippen LogP contribution is -2.19. The highest BCUT2D eigenvalue weighted by atomic mass is 16.6. The molecule has 0 amide bonds. The highest BCUT2D eigenvalue weighted by Gasteiger charge is 2.42. The number of benzene rings is 2. The summed E-state index contributed by atoms with van der Waals surface area (Å²) in [5.74, 6) is 1.37. The van der Waals surface area contributed by atoms with Crippen LogP contribution in [0.1, 0.15) is 44.4 Å². The van der Waals surface area contributed by atoms with Gasteiger partial charge in [0.25, 0.3) is 5.56 Å². The quantitative estimate of drug-likeness (QED) is 0.299. The number of nitrogens with zero attached hydrogens (tertiary/aromatic N) is 2. The highest BCUT2D eigenvalue weighted by molar-refractivity contribution is 5.88. The highest BCUT2D eigenvalue weighted by Crippen LogP contribution is 2.37. The van der Waals surface area contributed by atoms with Gasteiger partial charge in [0.15, 0.2) is 0 Å². The molecule has 3 heterocycles. The van der Waals surface area contributed by atoms with E-state index in [2.05, 4.69) is 6.58 Å². The van der Waals surface area contributed by atoms with E-state index in [9.17, 15) is 4.79 Å². The van der Waals surface area contributed by atoms with Crippen LogP contribution in [-0.2, 0) is 4.74 Å². The first-order valence-electron chi connectivity index (χ1n) is 12.7. The van der Waals surface area contributed by atoms with Crippen LogP contribution in [0.5, 0.6) is 11.5 Å². The molecule has 0 bridgehead atoms. The zero-order valence-electron chi connectivity index (χ0n) is 21.5. The summed E-state index contributed by atoms with van der Waals surface area (Å²) in [4.78, 5) is 18.4. The summed E-state index contributed by atoms with van der Waals surface area (Å²) in [6.07, 6.45) is 7.26. The van der Waals surface area contributed by atoms with Crippen molar-refractivity contribution in [2.45, 2.75) is 51.4 Å². The predicted octanol–water partition coefficient (Wildman–Crippen LogP) is 6.16. The molecule has 190 valence electrons. The Morgan fingerprint density at radius 2 is 1.81 bits per heavy atom. The van der Waals surface area contributed by atoms with E-state index < -0.39 is 0 Å². The Hall–Kier alpha value is -3.90. The largest absolute Gasteiger partial charge is 0.496 e. The lowest BCUT2D eigenvalue weighted by molar-refractivity contribution is 0.242. The first kappa shape index (κ1) is 24.8. The van der Waals surface area contributed by atoms with Crippen LogP contribution in [0.2, 0.25) is 0 Å². The van der Waals surface area contributed by atoms with Gasteiger partial charge < -0.3 is 14.2 Å². The van der Waals surface area contributed by atoms with Crippen LogP contribution in [-0.4, -0.2) is 34.8 Å². The second-order valence-electron chi connectivity index (χ2n) is 9.59. The SMILES string of the molecule is C1CC2OC2C1.C=C(c1ccccc1OC)c1nc2ccccn2c(=O)c1-c1cccc(OC(C)C)c1. The molecule has 0 N–H and O–H groups in total. The number of pyridine rings is 1. The first-order chi connectivity index (χ1) is 18.0. The van der Waals surface area contributed by atoms with Gasteiger partial charge in [-0.3, -0.25) is 9.20 Å². The number of ether oxygens (including phenoxy) is 3. The Balaban J connectivity index is 0.000000403. The number of aromatic nitrogens is 2. The van der Waals surface area contributed by atoms with E-state index in [0.29, 0.717) is 46.2 Å². The van der Waals surface area contributed by atoms with E-state index >= 15 is 0 Å². The number of hydrogen-bond donors (Lipinski definition) is 0. The monoisotopic (exact) mass is 496 g/mol. The number of methoxy groups -OCH3 is 1. The molecular weight excluding hydrogens is 464 g/mol. The minimum absolute atomic E-state index is 0.0223. The van der Waals surface area contributed by atoms with Gasteiger partial charge in [-0.2, -0.15) is 0 Å². The molecule has 1 saturated carbocycles. The van der Waals surface area contributed by atoms with Crippen molar-refractivity contribution in [3.8, 4) is 22.6 Å². The summed E-state index contributed by atoms with van der Waals surface area (Å²) >= 11 is 0. The molecule has 1 aliphatic carbocycles. The average Bonchev–Trinajstić information content (AvgIpc) is 3.52. The van der Waals surface area contributed by atoms with Gasteiger partial charge in [0, 0.05) is 17.3 Å². The molecule has 2 aliphatic rings. The number of fused-ring (bicyclic) bond motifs is 2. The third-order valence-electron chi connectivity index (χ3n) is 6.61. The Labute approximate surface area is 217 Å². The number of rotatable bonds is 6. The van der Waals surface area contributed by atoms with E-state index in [1.165, 1.54) is 19.3 Å². The van der Waals surface area contributed by atoms with Crippen LogP contribution in [0.25, 0.3) is 22.3 Å². The molecule has 6 nitrogen and oxygen atoms in total. The molecule has 37 heavy (non-hydrogen) atoms. The summed E-state index contributed by atoms with van der Waals surface area (Å²) < 4.78 is 18.1. The zero-order chi connectivity index (χ0) is 25.9. The van der Waals surface area contributed by atoms with Crippen LogP contribution < -0.4 is 15.0 Å². The molecular formula is C31H32N2O4. The number of para-hydroxylation sites is 1. The van der Waals surface area contributed by atoms with Crippen LogP contribution in [0.15, 0.2) is 84.3 Å². The van der Waals surface area contributed by atoms with Gasteiger partial charge in [-0.1, -0.05) is 43.0 Å². The van der Waals surface area contributed by atoms with Crippen molar-refractivity contribution in [3.63, 3.8) is 0 Å². The molecule has 1 aliphatic heterocycles. The number of hydrogen-bond acceptors (Lipinski definition) is 5. The smallest absolute Gasteiger partial charge is 0.266 e. The van der Waals surface area contributed by atoms with E-state index in [1.807, 2.05) is 80.6 Å². The van der Waals surface area contributed by atoms with Crippen molar-refractivity contribution in [3.05, 3.63) is 101 Å². The maximum absolute atomic E-state index is 13.6. The maximum Gasteiger partial charge on any atom is 0.266 e. The molecule has 2 fully saturated rings. The Bertz CT molecular complexity index is 1480. The average molecular weight is 497 g/mol. The maximum atomic E-state index is 13.6. The normalized spacial score (nSPS) is 17.6. The zero-order valence-corrected chi connectivity index (χ0v) is 21.5. The van der Waals surface area contributed by atoms with Crippen LogP contribution in [0.3, 0.4) is 0 Å². The fraction of sp³-hybridized carbons (Fsp3) is 0.290. The van der Waals surface area contributed by atoms with Crippen molar-refractivity contribution in [1.29, 1.82) is 0 Å². The van der Waals surface area contributed by atoms with Crippen LogP contribution >= 0.6 is 0 Å². The summed E-state index contributed by atoms with van der Waals surface area (Å²) in [7, 11) is 1.61. The van der Waals surface area contributed by atoms with Crippen molar-refractivity contribution in [2.75, 3.05) is 7.11 Å². The van der Waals surface area contributed by atoms with Crippen molar-refractivity contribution < 1.29 is 14.2 Å². The molecule has 2 unspecified atom stereocenters. The van der Waals surface area contributed by atoms with E-state index in [0.717, 1.165) is 11.1 Å². The first-order valence-corrected chi connectivity index (χ1v) is 12.7. The second kappa shape index (κ2) is 10.6. The van der Waals surface area contributed by atoms with Gasteiger partial charge in [-0.05, 0) is 69.0 Å². The summed E-state index contributed by atoms with van der Waals surface area (Å²) in [6, 6.07) is 20.6. The van der Waals surface area contributed by atoms with Gasteiger partial charge in [-0.15, -0.1) is 0 Å². The van der Waals surface area contributed by atoms with E-state index in [1.54, 1.807) is 17.7 Å². The van der Waals surface area contributed by atoms with Crippen molar-refractivity contribution in [1.82, 2.24) is 9.38 Å². The van der Waals surface area contributed by atoms with E-state index in [4.69, 9.17) is 19.2 Å². The Morgan fingerprint density at radius 3 is 2.49 bits per heavy atom. The molecule has 6 heteroatoms. The fourth-order valence-corrected chi connectivity index (χ4v) is 4.79. The summed E-state index contributed by atoms with van der Waals surface area (Å²) in [6.45, 7) is 8.22. The second-order valence-corrected chi connectivity index (χ2v) is 9.59. The molecule has 0 radical (unpaired) electrons. The number of epoxide rings is 1. The summed E-state index contributed by atoms with van der Waals surface area (Å²) in [5, 5.41) is 0. The van der Waals surface area contributed by atoms with Gasteiger partial charge >= 0.3 is 0 Å². The van der Waals surface area contributed by atoms with E-state index in [-0.39, 0.29) is 11.7 Å². The molecule has 6 rings (SSSR count). The summed E-state index contributed by atoms with van der Waals surface area (Å²) in [5.41, 5.74) is 3.49. The minimum Gasteiger partial charge on any atom is -0.496 e. The van der Waals surface area contributed by atoms with Crippen LogP contribution in [0, 0.1) is 0 Å². The molecule has 2 aromatic heterocycles. The predicted molar refractivity (Wildman–Crippen MR) is 146 cm³/mol. The van der Waals surface area contributed by atoms with Gasteiger partial charge in [0.1, 0.15) is 17.1 Å². The molecule has 4 aromatic rings. The van der Waals surface area contributed by atoms with Crippen molar-refractivity contribution >= 4 is 11.2 Å². The fourth-order valence-electron chi connectivity index (χ4n) is 4.79. The van der Waals surface area contributed by atoms with Gasteiger partial charge in [0.05, 0.1) is 36.7 Å². The van der Waals surface area contributed by atoms with Crippen molar-refractivity contribution in [2.24, 2.45) is 0 Å².